The maximum atomic E-state index is 6.33. The first-order chi connectivity index (χ1) is 8.29. The van der Waals surface area contributed by atoms with Crippen LogP contribution in [0.15, 0.2) is 0 Å². The topological polar surface area (TPSA) is 27.7 Å². The third-order valence-electron chi connectivity index (χ3n) is 3.48. The van der Waals surface area contributed by atoms with Gasteiger partial charge in [-0.3, -0.25) is 0 Å². The number of rotatable bonds is 2. The van der Waals surface area contributed by atoms with Crippen molar-refractivity contribution in [3.63, 3.8) is 0 Å². The molecular formula is C16H32O3. The van der Waals surface area contributed by atoms with Crippen LogP contribution in [-0.2, 0) is 14.2 Å². The van der Waals surface area contributed by atoms with Gasteiger partial charge in [0.05, 0.1) is 18.8 Å². The fraction of sp³-hybridized carbons (Fsp3) is 1.00. The second kappa shape index (κ2) is 5.01. The third-order valence-corrected chi connectivity index (χ3v) is 3.48. The Hall–Kier alpha value is -0.120. The van der Waals surface area contributed by atoms with E-state index in [1.54, 1.807) is 0 Å². The van der Waals surface area contributed by atoms with Crippen molar-refractivity contribution in [3.05, 3.63) is 0 Å². The third kappa shape index (κ3) is 3.71. The van der Waals surface area contributed by atoms with E-state index in [0.717, 1.165) is 0 Å². The molecule has 0 amide bonds. The summed E-state index contributed by atoms with van der Waals surface area (Å²) in [7, 11) is 0. The Morgan fingerprint density at radius 2 is 1.42 bits per heavy atom. The van der Waals surface area contributed by atoms with E-state index in [9.17, 15) is 0 Å². The predicted molar refractivity (Wildman–Crippen MR) is 78.2 cm³/mol. The van der Waals surface area contributed by atoms with E-state index in [-0.39, 0.29) is 22.5 Å². The molecule has 1 saturated heterocycles. The lowest BCUT2D eigenvalue weighted by Gasteiger charge is -2.49. The van der Waals surface area contributed by atoms with Crippen molar-refractivity contribution >= 4 is 0 Å². The molecule has 1 aliphatic rings. The predicted octanol–water partition coefficient (Wildman–Crippen LogP) is 4.01. The summed E-state index contributed by atoms with van der Waals surface area (Å²) in [6.07, 6.45) is 0.0117. The highest BCUT2D eigenvalue weighted by molar-refractivity contribution is 4.97. The standard InChI is InChI=1S/C16H32O3/c1-13(2,3)16(14(4,5)6)18-11-12(19-16)10-17-15(7,8)9/h12H,10-11H2,1-9H3. The van der Waals surface area contributed by atoms with Gasteiger partial charge in [0.25, 0.3) is 0 Å². The minimum Gasteiger partial charge on any atom is -0.373 e. The maximum absolute atomic E-state index is 6.33. The molecular weight excluding hydrogens is 240 g/mol. The molecule has 0 N–H and O–H groups in total. The van der Waals surface area contributed by atoms with E-state index in [1.807, 2.05) is 0 Å². The molecule has 0 aliphatic carbocycles. The van der Waals surface area contributed by atoms with Crippen LogP contribution < -0.4 is 0 Å². The molecule has 3 heteroatoms. The SMILES string of the molecule is CC(C)(C)OCC1COC(C(C)(C)C)(C(C)(C)C)O1. The van der Waals surface area contributed by atoms with E-state index in [4.69, 9.17) is 14.2 Å². The highest BCUT2D eigenvalue weighted by Gasteiger charge is 2.57. The first-order valence-corrected chi connectivity index (χ1v) is 7.24. The summed E-state index contributed by atoms with van der Waals surface area (Å²) in [5.41, 5.74) is -0.304. The molecule has 19 heavy (non-hydrogen) atoms. The highest BCUT2D eigenvalue weighted by atomic mass is 16.8. The Morgan fingerprint density at radius 1 is 0.947 bits per heavy atom. The van der Waals surface area contributed by atoms with Crippen molar-refractivity contribution in [1.29, 1.82) is 0 Å². The van der Waals surface area contributed by atoms with E-state index in [1.165, 1.54) is 0 Å². The van der Waals surface area contributed by atoms with Crippen molar-refractivity contribution in [1.82, 2.24) is 0 Å². The zero-order valence-corrected chi connectivity index (χ0v) is 14.2. The van der Waals surface area contributed by atoms with Crippen molar-refractivity contribution < 1.29 is 14.2 Å². The van der Waals surface area contributed by atoms with Gasteiger partial charge in [0, 0.05) is 10.8 Å². The number of hydrogen-bond acceptors (Lipinski definition) is 3. The van der Waals surface area contributed by atoms with Crippen LogP contribution in [0.4, 0.5) is 0 Å². The van der Waals surface area contributed by atoms with Gasteiger partial charge in [-0.05, 0) is 20.8 Å². The zero-order valence-electron chi connectivity index (χ0n) is 14.2. The molecule has 1 atom stereocenters. The fourth-order valence-electron chi connectivity index (χ4n) is 2.85. The molecule has 0 aromatic rings. The summed E-state index contributed by atoms with van der Waals surface area (Å²) in [5, 5.41) is 0. The van der Waals surface area contributed by atoms with Gasteiger partial charge in [-0.25, -0.2) is 0 Å². The molecule has 1 aliphatic heterocycles. The molecule has 0 spiro atoms. The van der Waals surface area contributed by atoms with Crippen LogP contribution in [0, 0.1) is 10.8 Å². The Morgan fingerprint density at radius 3 is 1.74 bits per heavy atom. The molecule has 0 bridgehead atoms. The first-order valence-electron chi connectivity index (χ1n) is 7.24. The molecule has 114 valence electrons. The minimum atomic E-state index is -0.564. The van der Waals surface area contributed by atoms with Crippen LogP contribution in [0.2, 0.25) is 0 Å². The molecule has 1 rings (SSSR count). The summed E-state index contributed by atoms with van der Waals surface area (Å²) in [6, 6.07) is 0. The molecule has 1 heterocycles. The number of hydrogen-bond donors (Lipinski definition) is 0. The molecule has 3 nitrogen and oxygen atoms in total. The maximum Gasteiger partial charge on any atom is 0.178 e. The summed E-state index contributed by atoms with van der Waals surface area (Å²) in [4.78, 5) is 0. The second-order valence-electron chi connectivity index (χ2n) is 8.59. The fourth-order valence-corrected chi connectivity index (χ4v) is 2.85. The van der Waals surface area contributed by atoms with Crippen LogP contribution in [-0.4, -0.2) is 30.7 Å². The quantitative estimate of drug-likeness (QED) is 0.760. The lowest BCUT2D eigenvalue weighted by atomic mass is 9.70. The van der Waals surface area contributed by atoms with Crippen LogP contribution in [0.5, 0.6) is 0 Å². The summed E-state index contributed by atoms with van der Waals surface area (Å²) in [5.74, 6) is -0.564. The van der Waals surface area contributed by atoms with Crippen molar-refractivity contribution in [3.8, 4) is 0 Å². The van der Waals surface area contributed by atoms with Gasteiger partial charge >= 0.3 is 0 Å². The minimum absolute atomic E-state index is 0.0117. The van der Waals surface area contributed by atoms with Gasteiger partial charge in [0.15, 0.2) is 5.79 Å². The molecule has 0 saturated carbocycles. The average Bonchev–Trinajstić information content (AvgIpc) is 2.56. The van der Waals surface area contributed by atoms with E-state index in [2.05, 4.69) is 62.3 Å². The lowest BCUT2D eigenvalue weighted by Crippen LogP contribution is -2.54. The monoisotopic (exact) mass is 272 g/mol. The Labute approximate surface area is 119 Å². The lowest BCUT2D eigenvalue weighted by molar-refractivity contribution is -0.290. The van der Waals surface area contributed by atoms with E-state index >= 15 is 0 Å². The van der Waals surface area contributed by atoms with Gasteiger partial charge in [0.2, 0.25) is 0 Å². The molecule has 1 fully saturated rings. The highest BCUT2D eigenvalue weighted by Crippen LogP contribution is 2.51. The molecule has 1 unspecified atom stereocenters. The van der Waals surface area contributed by atoms with Crippen molar-refractivity contribution in [2.45, 2.75) is 79.8 Å². The largest absolute Gasteiger partial charge is 0.373 e. The van der Waals surface area contributed by atoms with Crippen LogP contribution in [0.3, 0.4) is 0 Å². The van der Waals surface area contributed by atoms with Crippen molar-refractivity contribution in [2.24, 2.45) is 10.8 Å². The Bertz CT molecular complexity index is 287. The van der Waals surface area contributed by atoms with E-state index in [0.29, 0.717) is 13.2 Å². The normalized spacial score (nSPS) is 24.8. The van der Waals surface area contributed by atoms with Gasteiger partial charge in [-0.1, -0.05) is 41.5 Å². The van der Waals surface area contributed by atoms with Gasteiger partial charge in [-0.2, -0.15) is 0 Å². The van der Waals surface area contributed by atoms with Crippen molar-refractivity contribution in [2.75, 3.05) is 13.2 Å². The average molecular weight is 272 g/mol. The Kier molecular flexibility index (Phi) is 4.47. The molecule has 0 aromatic carbocycles. The zero-order chi connectivity index (χ0) is 15.1. The smallest absolute Gasteiger partial charge is 0.178 e. The summed E-state index contributed by atoms with van der Waals surface area (Å²) < 4.78 is 18.3. The number of ether oxygens (including phenoxy) is 3. The summed E-state index contributed by atoms with van der Waals surface area (Å²) >= 11 is 0. The van der Waals surface area contributed by atoms with Gasteiger partial charge < -0.3 is 14.2 Å². The van der Waals surface area contributed by atoms with Crippen LogP contribution >= 0.6 is 0 Å². The van der Waals surface area contributed by atoms with E-state index < -0.39 is 5.79 Å². The second-order valence-corrected chi connectivity index (χ2v) is 8.59. The van der Waals surface area contributed by atoms with Gasteiger partial charge in [0.1, 0.15) is 6.10 Å². The molecule has 0 radical (unpaired) electrons. The van der Waals surface area contributed by atoms with Crippen LogP contribution in [0.1, 0.15) is 62.3 Å². The van der Waals surface area contributed by atoms with Gasteiger partial charge in [-0.15, -0.1) is 0 Å². The summed E-state index contributed by atoms with van der Waals surface area (Å²) in [6.45, 7) is 20.4. The molecule has 0 aromatic heterocycles. The van der Waals surface area contributed by atoms with Crippen LogP contribution in [0.25, 0.3) is 0 Å². The first kappa shape index (κ1) is 16.9. The Balaban J connectivity index is 2.80.